The van der Waals surface area contributed by atoms with Crippen LogP contribution in [0.1, 0.15) is 59.8 Å². The summed E-state index contributed by atoms with van der Waals surface area (Å²) in [6.07, 6.45) is 6.70. The Hall–Kier alpha value is -0.120. The maximum atomic E-state index is 6.34. The summed E-state index contributed by atoms with van der Waals surface area (Å²) in [6.45, 7) is 12.8. The lowest BCUT2D eigenvalue weighted by molar-refractivity contribution is -0.0835. The number of ether oxygens (including phenoxy) is 1. The van der Waals surface area contributed by atoms with E-state index in [0.717, 1.165) is 12.0 Å². The first-order valence-corrected chi connectivity index (χ1v) is 8.56. The molecule has 0 aliphatic carbocycles. The summed E-state index contributed by atoms with van der Waals surface area (Å²) in [7, 11) is 0. The van der Waals surface area contributed by atoms with Crippen LogP contribution in [0.3, 0.4) is 0 Å². The van der Waals surface area contributed by atoms with Crippen LogP contribution in [0.2, 0.25) is 0 Å². The van der Waals surface area contributed by atoms with Crippen molar-refractivity contribution in [2.24, 2.45) is 5.92 Å². The minimum Gasteiger partial charge on any atom is -0.368 e. The second-order valence-corrected chi connectivity index (χ2v) is 8.24. The van der Waals surface area contributed by atoms with Crippen LogP contribution < -0.4 is 5.32 Å². The van der Waals surface area contributed by atoms with Crippen LogP contribution in [-0.2, 0) is 4.74 Å². The summed E-state index contributed by atoms with van der Waals surface area (Å²) < 4.78 is 6.34. The molecule has 20 heavy (non-hydrogen) atoms. The molecule has 3 heterocycles. The van der Waals surface area contributed by atoms with E-state index in [-0.39, 0.29) is 11.2 Å². The van der Waals surface area contributed by atoms with E-state index in [1.807, 2.05) is 0 Å². The Morgan fingerprint density at radius 1 is 1.10 bits per heavy atom. The molecule has 0 bridgehead atoms. The molecule has 116 valence electrons. The largest absolute Gasteiger partial charge is 0.368 e. The fourth-order valence-electron chi connectivity index (χ4n) is 4.97. The molecule has 0 saturated carbocycles. The van der Waals surface area contributed by atoms with Crippen molar-refractivity contribution in [3.8, 4) is 0 Å². The molecule has 3 rings (SSSR count). The second-order valence-electron chi connectivity index (χ2n) is 8.24. The standard InChI is InChI=1S/C17H32N2O/c1-16(2)11-15(17(3,4)20-16)19-10-6-8-14(19)13-7-5-9-18-12-13/h13-15,18H,5-12H2,1-4H3. The van der Waals surface area contributed by atoms with E-state index in [0.29, 0.717) is 6.04 Å². The van der Waals surface area contributed by atoms with E-state index in [1.165, 1.54) is 51.7 Å². The van der Waals surface area contributed by atoms with Gasteiger partial charge in [-0.1, -0.05) is 0 Å². The van der Waals surface area contributed by atoms with E-state index >= 15 is 0 Å². The highest BCUT2D eigenvalue weighted by Crippen LogP contribution is 2.43. The van der Waals surface area contributed by atoms with Crippen LogP contribution >= 0.6 is 0 Å². The number of nitrogens with one attached hydrogen (secondary N) is 1. The van der Waals surface area contributed by atoms with Crippen LogP contribution in [0, 0.1) is 5.92 Å². The molecule has 1 N–H and O–H groups in total. The monoisotopic (exact) mass is 280 g/mol. The Balaban J connectivity index is 1.74. The lowest BCUT2D eigenvalue weighted by Gasteiger charge is -2.41. The molecule has 3 unspecified atom stereocenters. The van der Waals surface area contributed by atoms with Gasteiger partial charge >= 0.3 is 0 Å². The second kappa shape index (κ2) is 5.26. The molecule has 3 nitrogen and oxygen atoms in total. The van der Waals surface area contributed by atoms with Crippen LogP contribution in [-0.4, -0.2) is 47.8 Å². The summed E-state index contributed by atoms with van der Waals surface area (Å²) in [5.74, 6) is 0.853. The molecule has 0 aromatic heterocycles. The van der Waals surface area contributed by atoms with Crippen LogP contribution in [0.15, 0.2) is 0 Å². The van der Waals surface area contributed by atoms with Gasteiger partial charge in [-0.15, -0.1) is 0 Å². The molecule has 3 saturated heterocycles. The molecular formula is C17H32N2O. The minimum absolute atomic E-state index is 0.00577. The van der Waals surface area contributed by atoms with Gasteiger partial charge in [-0.05, 0) is 85.4 Å². The molecule has 3 aliphatic heterocycles. The summed E-state index contributed by atoms with van der Waals surface area (Å²) >= 11 is 0. The smallest absolute Gasteiger partial charge is 0.0789 e. The van der Waals surface area contributed by atoms with E-state index in [1.54, 1.807) is 0 Å². The maximum Gasteiger partial charge on any atom is 0.0789 e. The van der Waals surface area contributed by atoms with Gasteiger partial charge in [0.25, 0.3) is 0 Å². The van der Waals surface area contributed by atoms with E-state index < -0.39 is 0 Å². The van der Waals surface area contributed by atoms with Crippen molar-refractivity contribution in [2.75, 3.05) is 19.6 Å². The molecule has 0 amide bonds. The normalized spacial score (nSPS) is 41.1. The van der Waals surface area contributed by atoms with Crippen molar-refractivity contribution >= 4 is 0 Å². The first-order chi connectivity index (χ1) is 9.39. The fourth-order valence-corrected chi connectivity index (χ4v) is 4.97. The maximum absolute atomic E-state index is 6.34. The predicted octanol–water partition coefficient (Wildman–Crippen LogP) is 2.80. The van der Waals surface area contributed by atoms with Crippen molar-refractivity contribution in [3.63, 3.8) is 0 Å². The molecule has 3 aliphatic rings. The van der Waals surface area contributed by atoms with E-state index in [9.17, 15) is 0 Å². The molecule has 3 heteroatoms. The van der Waals surface area contributed by atoms with Gasteiger partial charge in [0.05, 0.1) is 11.2 Å². The third-order valence-electron chi connectivity index (χ3n) is 5.65. The van der Waals surface area contributed by atoms with Gasteiger partial charge in [0.15, 0.2) is 0 Å². The van der Waals surface area contributed by atoms with Crippen molar-refractivity contribution in [1.82, 2.24) is 10.2 Å². The quantitative estimate of drug-likeness (QED) is 0.842. The Morgan fingerprint density at radius 3 is 2.50 bits per heavy atom. The number of nitrogens with zero attached hydrogens (tertiary/aromatic N) is 1. The Morgan fingerprint density at radius 2 is 1.90 bits per heavy atom. The molecule has 3 fully saturated rings. The van der Waals surface area contributed by atoms with Gasteiger partial charge in [-0.3, -0.25) is 4.90 Å². The summed E-state index contributed by atoms with van der Waals surface area (Å²) in [5, 5.41) is 3.60. The summed E-state index contributed by atoms with van der Waals surface area (Å²) in [6, 6.07) is 1.37. The van der Waals surface area contributed by atoms with E-state index in [2.05, 4.69) is 37.9 Å². The van der Waals surface area contributed by atoms with Gasteiger partial charge < -0.3 is 10.1 Å². The zero-order chi connectivity index (χ0) is 14.4. The highest BCUT2D eigenvalue weighted by Gasteiger charge is 2.51. The number of hydrogen-bond donors (Lipinski definition) is 1. The zero-order valence-electron chi connectivity index (χ0n) is 13.7. The SMILES string of the molecule is CC1(C)CC(N2CCCC2C2CCCNC2)C(C)(C)O1. The summed E-state index contributed by atoms with van der Waals surface area (Å²) in [5.41, 5.74) is 0.0281. The average Bonchev–Trinajstić information content (AvgIpc) is 2.91. The Labute approximate surface area is 124 Å². The molecule has 0 aromatic rings. The predicted molar refractivity (Wildman–Crippen MR) is 83.0 cm³/mol. The summed E-state index contributed by atoms with van der Waals surface area (Å²) in [4.78, 5) is 2.81. The highest BCUT2D eigenvalue weighted by atomic mass is 16.5. The van der Waals surface area contributed by atoms with Crippen LogP contribution in [0.25, 0.3) is 0 Å². The van der Waals surface area contributed by atoms with Gasteiger partial charge in [0.1, 0.15) is 0 Å². The molecule has 0 spiro atoms. The average molecular weight is 280 g/mol. The Kier molecular flexibility index (Phi) is 3.89. The molecule has 0 aromatic carbocycles. The van der Waals surface area contributed by atoms with Crippen LogP contribution in [0.4, 0.5) is 0 Å². The van der Waals surface area contributed by atoms with Gasteiger partial charge in [0.2, 0.25) is 0 Å². The van der Waals surface area contributed by atoms with Crippen molar-refractivity contribution in [2.45, 2.75) is 83.1 Å². The first-order valence-electron chi connectivity index (χ1n) is 8.56. The molecular weight excluding hydrogens is 248 g/mol. The Bertz CT molecular complexity index is 347. The molecule has 0 radical (unpaired) electrons. The lowest BCUT2D eigenvalue weighted by Crippen LogP contribution is -2.52. The lowest BCUT2D eigenvalue weighted by atomic mass is 9.86. The van der Waals surface area contributed by atoms with Gasteiger partial charge in [0, 0.05) is 12.1 Å². The number of likely N-dealkylation sites (tertiary alicyclic amines) is 1. The van der Waals surface area contributed by atoms with Gasteiger partial charge in [-0.2, -0.15) is 0 Å². The van der Waals surface area contributed by atoms with Crippen molar-refractivity contribution in [3.05, 3.63) is 0 Å². The fraction of sp³-hybridized carbons (Fsp3) is 1.00. The zero-order valence-corrected chi connectivity index (χ0v) is 13.7. The first kappa shape index (κ1) is 14.8. The highest BCUT2D eigenvalue weighted by molar-refractivity contribution is 5.04. The number of piperidine rings is 1. The number of hydrogen-bond acceptors (Lipinski definition) is 3. The van der Waals surface area contributed by atoms with Crippen LogP contribution in [0.5, 0.6) is 0 Å². The topological polar surface area (TPSA) is 24.5 Å². The third kappa shape index (κ3) is 2.77. The van der Waals surface area contributed by atoms with Crippen molar-refractivity contribution < 1.29 is 4.74 Å². The van der Waals surface area contributed by atoms with Gasteiger partial charge in [-0.25, -0.2) is 0 Å². The minimum atomic E-state index is -0.00577. The van der Waals surface area contributed by atoms with E-state index in [4.69, 9.17) is 4.74 Å². The molecule has 3 atom stereocenters. The third-order valence-corrected chi connectivity index (χ3v) is 5.65. The number of rotatable bonds is 2. The van der Waals surface area contributed by atoms with Crippen molar-refractivity contribution in [1.29, 1.82) is 0 Å².